The number of imide groups is 1. The van der Waals surface area contributed by atoms with Gasteiger partial charge in [0.05, 0.1) is 23.8 Å². The molecule has 21 heavy (non-hydrogen) atoms. The van der Waals surface area contributed by atoms with Crippen LogP contribution in [0.15, 0.2) is 29.0 Å². The molecule has 4 nitrogen and oxygen atoms in total. The van der Waals surface area contributed by atoms with Gasteiger partial charge in [0.1, 0.15) is 0 Å². The van der Waals surface area contributed by atoms with Gasteiger partial charge in [0.25, 0.3) is 11.8 Å². The number of halogens is 2. The van der Waals surface area contributed by atoms with Gasteiger partial charge >= 0.3 is 0 Å². The quantitative estimate of drug-likeness (QED) is 0.886. The summed E-state index contributed by atoms with van der Waals surface area (Å²) in [4.78, 5) is 25.0. The molecule has 1 aliphatic heterocycles. The Labute approximate surface area is 122 Å². The van der Waals surface area contributed by atoms with Gasteiger partial charge in [-0.3, -0.25) is 14.5 Å². The second-order valence-electron chi connectivity index (χ2n) is 4.61. The molecule has 0 saturated heterocycles. The highest BCUT2D eigenvalue weighted by atomic mass is 32.1. The lowest BCUT2D eigenvalue weighted by Crippen LogP contribution is -2.33. The average Bonchev–Trinajstić information content (AvgIpc) is 3.05. The zero-order chi connectivity index (χ0) is 15.1. The maximum atomic E-state index is 13.2. The van der Waals surface area contributed by atoms with Crippen LogP contribution in [0.4, 0.5) is 8.78 Å². The van der Waals surface area contributed by atoms with Crippen molar-refractivity contribution in [1.29, 1.82) is 0 Å². The lowest BCUT2D eigenvalue weighted by Gasteiger charge is -2.17. The van der Waals surface area contributed by atoms with Crippen LogP contribution in [0.25, 0.3) is 0 Å². The van der Waals surface area contributed by atoms with Crippen LogP contribution in [0.2, 0.25) is 0 Å². The summed E-state index contributed by atoms with van der Waals surface area (Å²) >= 11 is 1.37. The van der Waals surface area contributed by atoms with E-state index in [4.69, 9.17) is 0 Å². The molecule has 0 radical (unpaired) electrons. The van der Waals surface area contributed by atoms with E-state index in [2.05, 4.69) is 0 Å². The summed E-state index contributed by atoms with van der Waals surface area (Å²) in [5.41, 5.74) is 0.210. The predicted molar refractivity (Wildman–Crippen MR) is 71.0 cm³/mol. The zero-order valence-electron chi connectivity index (χ0n) is 10.5. The Morgan fingerprint density at radius 1 is 1.14 bits per heavy atom. The number of thiophene rings is 1. The normalized spacial score (nSPS) is 15.5. The van der Waals surface area contributed by atoms with Gasteiger partial charge < -0.3 is 5.11 Å². The van der Waals surface area contributed by atoms with Gasteiger partial charge in [-0.15, -0.1) is 0 Å². The maximum absolute atomic E-state index is 13.2. The van der Waals surface area contributed by atoms with E-state index >= 15 is 0 Å². The molecule has 7 heteroatoms. The Kier molecular flexibility index (Phi) is 3.30. The third-order valence-electron chi connectivity index (χ3n) is 3.30. The second-order valence-corrected chi connectivity index (χ2v) is 5.39. The molecule has 1 aromatic heterocycles. The second kappa shape index (κ2) is 5.01. The summed E-state index contributed by atoms with van der Waals surface area (Å²) < 4.78 is 26.4. The summed E-state index contributed by atoms with van der Waals surface area (Å²) in [5, 5.41) is 13.5. The van der Waals surface area contributed by atoms with E-state index < -0.39 is 29.6 Å². The van der Waals surface area contributed by atoms with Crippen molar-refractivity contribution in [2.24, 2.45) is 0 Å². The summed E-state index contributed by atoms with van der Waals surface area (Å²) in [7, 11) is 0. The van der Waals surface area contributed by atoms with Gasteiger partial charge in [-0.2, -0.15) is 11.3 Å². The first-order valence-corrected chi connectivity index (χ1v) is 6.98. The largest absolute Gasteiger partial charge is 0.387 e. The Balaban J connectivity index is 1.89. The Hall–Kier alpha value is -2.12. The van der Waals surface area contributed by atoms with Crippen LogP contribution in [0, 0.1) is 11.6 Å². The van der Waals surface area contributed by atoms with E-state index in [0.29, 0.717) is 17.7 Å². The molecule has 1 aliphatic rings. The molecule has 0 aliphatic carbocycles. The Morgan fingerprint density at radius 3 is 2.19 bits per heavy atom. The number of aliphatic hydroxyl groups excluding tert-OH is 1. The highest BCUT2D eigenvalue weighted by molar-refractivity contribution is 7.07. The smallest absolute Gasteiger partial charge is 0.261 e. The number of benzene rings is 1. The molecular weight excluding hydrogens is 300 g/mol. The van der Waals surface area contributed by atoms with Gasteiger partial charge in [-0.05, 0) is 34.5 Å². The highest BCUT2D eigenvalue weighted by Gasteiger charge is 2.37. The van der Waals surface area contributed by atoms with Crippen LogP contribution >= 0.6 is 11.3 Å². The van der Waals surface area contributed by atoms with Crippen LogP contribution in [-0.4, -0.2) is 28.4 Å². The molecule has 1 aromatic carbocycles. The van der Waals surface area contributed by atoms with Crippen LogP contribution in [0.3, 0.4) is 0 Å². The number of fused-ring (bicyclic) bond motifs is 1. The molecule has 1 atom stereocenters. The van der Waals surface area contributed by atoms with E-state index in [0.717, 1.165) is 4.90 Å². The number of hydrogen-bond acceptors (Lipinski definition) is 4. The molecule has 1 N–H and O–H groups in total. The summed E-state index contributed by atoms with van der Waals surface area (Å²) in [6, 6.07) is 3.09. The minimum atomic E-state index is -1.19. The van der Waals surface area contributed by atoms with Crippen molar-refractivity contribution in [3.63, 3.8) is 0 Å². The van der Waals surface area contributed by atoms with Gasteiger partial charge in [0.2, 0.25) is 0 Å². The monoisotopic (exact) mass is 309 g/mol. The summed E-state index contributed by atoms with van der Waals surface area (Å²) in [6.07, 6.45) is -1.03. The van der Waals surface area contributed by atoms with Gasteiger partial charge in [0.15, 0.2) is 11.6 Å². The Bertz CT molecular complexity index is 689. The van der Waals surface area contributed by atoms with Crippen LogP contribution in [-0.2, 0) is 0 Å². The van der Waals surface area contributed by atoms with Crippen LogP contribution < -0.4 is 0 Å². The molecule has 3 rings (SSSR count). The number of amides is 2. The molecule has 1 unspecified atom stereocenters. The molecule has 2 aromatic rings. The van der Waals surface area contributed by atoms with E-state index in [1.165, 1.54) is 11.3 Å². The standard InChI is InChI=1S/C14H9F2NO3S/c15-10-3-8-9(4-11(10)16)14(20)17(13(8)19)5-12(18)7-1-2-21-6-7/h1-4,6,12,18H,5H2. The lowest BCUT2D eigenvalue weighted by molar-refractivity contribution is 0.0543. The van der Waals surface area contributed by atoms with Gasteiger partial charge in [-0.1, -0.05) is 0 Å². The van der Waals surface area contributed by atoms with Crippen LogP contribution in [0.5, 0.6) is 0 Å². The summed E-state index contributed by atoms with van der Waals surface area (Å²) in [6.45, 7) is -0.258. The van der Waals surface area contributed by atoms with Crippen molar-refractivity contribution in [2.45, 2.75) is 6.10 Å². The molecule has 0 bridgehead atoms. The topological polar surface area (TPSA) is 57.6 Å². The first-order valence-electron chi connectivity index (χ1n) is 6.04. The molecule has 108 valence electrons. The number of carbonyl (C=O) groups excluding carboxylic acids is 2. The fourth-order valence-electron chi connectivity index (χ4n) is 2.19. The van der Waals surface area contributed by atoms with E-state index in [1.807, 2.05) is 0 Å². The molecule has 2 amide bonds. The van der Waals surface area contributed by atoms with Crippen molar-refractivity contribution in [3.05, 3.63) is 57.3 Å². The first kappa shape index (κ1) is 13.8. The van der Waals surface area contributed by atoms with Crippen LogP contribution in [0.1, 0.15) is 32.4 Å². The lowest BCUT2D eigenvalue weighted by atomic mass is 10.1. The van der Waals surface area contributed by atoms with Gasteiger partial charge in [-0.25, -0.2) is 8.78 Å². The first-order chi connectivity index (χ1) is 9.99. The van der Waals surface area contributed by atoms with Crippen molar-refractivity contribution < 1.29 is 23.5 Å². The number of rotatable bonds is 3. The van der Waals surface area contributed by atoms with Crippen molar-refractivity contribution in [3.8, 4) is 0 Å². The molecular formula is C14H9F2NO3S. The predicted octanol–water partition coefficient (Wildman–Crippen LogP) is 2.36. The number of aliphatic hydroxyl groups is 1. The minimum Gasteiger partial charge on any atom is -0.387 e. The molecule has 0 saturated carbocycles. The summed E-state index contributed by atoms with van der Waals surface area (Å²) in [5.74, 6) is -3.84. The maximum Gasteiger partial charge on any atom is 0.261 e. The van der Waals surface area contributed by atoms with E-state index in [9.17, 15) is 23.5 Å². The van der Waals surface area contributed by atoms with E-state index in [-0.39, 0.29) is 17.7 Å². The van der Waals surface area contributed by atoms with Crippen molar-refractivity contribution in [1.82, 2.24) is 4.90 Å². The Morgan fingerprint density at radius 2 is 1.71 bits per heavy atom. The average molecular weight is 309 g/mol. The third kappa shape index (κ3) is 2.24. The minimum absolute atomic E-state index is 0.184. The molecule has 2 heterocycles. The SMILES string of the molecule is O=C1c2cc(F)c(F)cc2C(=O)N1CC(O)c1ccsc1. The number of carbonyl (C=O) groups is 2. The fraction of sp³-hybridized carbons (Fsp3) is 0.143. The number of β-amino-alcohol motifs (C(OH)–C–C–N with tert-alkyl or cyclic N) is 1. The number of hydrogen-bond donors (Lipinski definition) is 1. The van der Waals surface area contributed by atoms with Gasteiger partial charge in [0, 0.05) is 0 Å². The molecule has 0 spiro atoms. The fourth-order valence-corrected chi connectivity index (χ4v) is 2.90. The zero-order valence-corrected chi connectivity index (χ0v) is 11.4. The van der Waals surface area contributed by atoms with E-state index in [1.54, 1.807) is 16.8 Å². The highest BCUT2D eigenvalue weighted by Crippen LogP contribution is 2.27. The molecule has 0 fully saturated rings. The van der Waals surface area contributed by atoms with Crippen molar-refractivity contribution >= 4 is 23.2 Å². The van der Waals surface area contributed by atoms with Crippen molar-refractivity contribution in [2.75, 3.05) is 6.54 Å². The number of nitrogens with zero attached hydrogens (tertiary/aromatic N) is 1. The third-order valence-corrected chi connectivity index (χ3v) is 4.00.